The molecule has 0 saturated carbocycles. The van der Waals surface area contributed by atoms with Crippen LogP contribution in [0.15, 0.2) is 6.33 Å². The van der Waals surface area contributed by atoms with Gasteiger partial charge in [0, 0.05) is 5.88 Å². The predicted octanol–water partition coefficient (Wildman–Crippen LogP) is -5.67. The molecule has 1 aliphatic heterocycles. The average Bonchev–Trinajstić information content (AvgIpc) is 3.06. The van der Waals surface area contributed by atoms with Crippen molar-refractivity contribution < 1.29 is 82.3 Å². The van der Waals surface area contributed by atoms with Crippen LogP contribution < -0.4 is 40.4 Å². The normalized spacial score (nSPS) is 26.9. The van der Waals surface area contributed by atoms with Crippen molar-refractivity contribution in [3.8, 4) is 5.88 Å². The van der Waals surface area contributed by atoms with Gasteiger partial charge >= 0.3 is 45.2 Å². The van der Waals surface area contributed by atoms with E-state index in [0.717, 1.165) is 10.9 Å². The first-order chi connectivity index (χ1) is 12.9. The van der Waals surface area contributed by atoms with Gasteiger partial charge in [0.05, 0.1) is 12.9 Å². The third-order valence-corrected chi connectivity index (χ3v) is 5.78. The van der Waals surface area contributed by atoms with Gasteiger partial charge in [-0.15, -0.1) is 0 Å². The number of aliphatic hydroxyl groups excluding tert-OH is 2. The number of nitrogens with two attached hydrogens (primary N) is 1. The van der Waals surface area contributed by atoms with Crippen molar-refractivity contribution in [2.75, 3.05) is 12.3 Å². The van der Waals surface area contributed by atoms with Gasteiger partial charge in [-0.1, -0.05) is 0 Å². The Morgan fingerprint density at radius 1 is 1.24 bits per heavy atom. The minimum atomic E-state index is -5.32. The van der Waals surface area contributed by atoms with Gasteiger partial charge in [-0.25, -0.2) is 19.1 Å². The Labute approximate surface area is 183 Å². The largest absolute Gasteiger partial charge is 1.00 e. The first-order valence-corrected chi connectivity index (χ1v) is 10.3. The molecule has 1 saturated heterocycles. The maximum Gasteiger partial charge on any atom is 1.00 e. The summed E-state index contributed by atoms with van der Waals surface area (Å²) in [5.41, 5.74) is 5.15. The Balaban J connectivity index is 0.00000300. The van der Waals surface area contributed by atoms with Crippen molar-refractivity contribution in [1.82, 2.24) is 19.5 Å². The number of aromatic nitrogens is 4. The van der Waals surface area contributed by atoms with Crippen LogP contribution in [0.4, 0.5) is 5.95 Å². The van der Waals surface area contributed by atoms with E-state index in [1.807, 2.05) is 0 Å². The molecule has 3 heterocycles. The van der Waals surface area contributed by atoms with E-state index in [9.17, 15) is 29.3 Å². The molecular weight excluding hydrogens is 451 g/mol. The third-order valence-electron chi connectivity index (χ3n) is 3.63. The van der Waals surface area contributed by atoms with Crippen LogP contribution >= 0.6 is 15.6 Å². The maximum atomic E-state index is 11.7. The number of fused-ring (bicyclic) bond motifs is 1. The molecule has 1 fully saturated rings. The summed E-state index contributed by atoms with van der Waals surface area (Å²) in [5.74, 6) is -1.13. The van der Waals surface area contributed by atoms with Crippen molar-refractivity contribution in [1.29, 1.82) is 0 Å². The van der Waals surface area contributed by atoms with Crippen LogP contribution in [0, 0.1) is 0 Å². The molecule has 1 unspecified atom stereocenters. The fourth-order valence-electron chi connectivity index (χ4n) is 2.52. The van der Waals surface area contributed by atoms with Crippen molar-refractivity contribution in [3.63, 3.8) is 0 Å². The van der Waals surface area contributed by atoms with E-state index in [1.54, 1.807) is 0 Å². The molecule has 0 spiro atoms. The third kappa shape index (κ3) is 5.51. The number of hydrogen-bond acceptors (Lipinski definition) is 12. The van der Waals surface area contributed by atoms with Crippen molar-refractivity contribution in [3.05, 3.63) is 6.33 Å². The van der Waals surface area contributed by atoms with E-state index in [2.05, 4.69) is 23.8 Å². The molecule has 5 atom stereocenters. The van der Waals surface area contributed by atoms with E-state index in [-0.39, 0.29) is 46.7 Å². The molecule has 0 aliphatic carbocycles. The zero-order valence-electron chi connectivity index (χ0n) is 14.5. The van der Waals surface area contributed by atoms with Gasteiger partial charge in [0.1, 0.15) is 23.8 Å². The van der Waals surface area contributed by atoms with Crippen molar-refractivity contribution in [2.45, 2.75) is 24.5 Å². The number of imidazole rings is 1. The smallest absolute Gasteiger partial charge is 0.857 e. The van der Waals surface area contributed by atoms with Crippen molar-refractivity contribution in [2.24, 2.45) is 0 Å². The zero-order valence-corrected chi connectivity index (χ0v) is 18.3. The van der Waals surface area contributed by atoms with E-state index in [1.165, 1.54) is 0 Å². The Morgan fingerprint density at radius 3 is 2.52 bits per heavy atom. The minimum Gasteiger partial charge on any atom is -0.857 e. The summed E-state index contributed by atoms with van der Waals surface area (Å²) in [4.78, 5) is 37.4. The Hall–Kier alpha value is -0.710. The van der Waals surface area contributed by atoms with E-state index < -0.39 is 52.7 Å². The van der Waals surface area contributed by atoms with Gasteiger partial charge in [-0.05, 0) is 0 Å². The number of anilines is 1. The number of ether oxygens (including phenoxy) is 1. The Kier molecular flexibility index (Phi) is 7.45. The molecule has 0 radical (unpaired) electrons. The fourth-order valence-corrected chi connectivity index (χ4v) is 4.11. The Bertz CT molecular complexity index is 984. The summed E-state index contributed by atoms with van der Waals surface area (Å²) in [6, 6.07) is 0. The second-order valence-electron chi connectivity index (χ2n) is 5.59. The van der Waals surface area contributed by atoms with Crippen LogP contribution in [-0.2, 0) is 22.7 Å². The predicted molar refractivity (Wildman–Crippen MR) is 84.0 cm³/mol. The molecule has 7 N–H and O–H groups in total. The van der Waals surface area contributed by atoms with Crippen LogP contribution in [0.2, 0.25) is 0 Å². The first kappa shape index (κ1) is 24.6. The summed E-state index contributed by atoms with van der Waals surface area (Å²) < 4.78 is 36.5. The molecule has 19 heteroatoms. The van der Waals surface area contributed by atoms with Gasteiger partial charge in [-0.2, -0.15) is 9.29 Å². The molecule has 156 valence electrons. The second-order valence-corrected chi connectivity index (χ2v) is 8.42. The van der Waals surface area contributed by atoms with E-state index in [0.29, 0.717) is 0 Å². The molecule has 2 aromatic rings. The summed E-state index contributed by atoms with van der Waals surface area (Å²) in [7, 11) is -10.5. The first-order valence-electron chi connectivity index (χ1n) is 7.31. The molecule has 29 heavy (non-hydrogen) atoms. The molecule has 1 aliphatic rings. The molecular formula is C10H14N5NaO11P2. The SMILES string of the molecule is Nc1nc([O-])c2ncn([C@@H]3O[C@H](COP(=O)(O)OP(=O)(O)O)[C@@H](O)[C@H]3O)c2n1.[Na+]. The standard InChI is InChI=1S/C10H15N5O11P2.Na/c11-10-13-7-4(8(18)14-10)12-2-15(7)9-6(17)5(16)3(25-9)1-24-28(22,23)26-27(19,20)21;/h2-3,5-6,9,16-17H,1H2,(H,22,23)(H2,19,20,21)(H3,11,13,14,18);/q;+1/p-1/t3-,5-,6-,9-;/m1./s1. The summed E-state index contributed by atoms with van der Waals surface area (Å²) in [6.07, 6.45) is -4.94. The van der Waals surface area contributed by atoms with Crippen LogP contribution in [0.1, 0.15) is 6.23 Å². The monoisotopic (exact) mass is 465 g/mol. The number of nitrogen functional groups attached to an aromatic ring is 1. The molecule has 16 nitrogen and oxygen atoms in total. The number of phosphoric ester groups is 1. The van der Waals surface area contributed by atoms with Gasteiger partial charge in [-0.3, -0.25) is 9.09 Å². The van der Waals surface area contributed by atoms with Gasteiger partial charge in [0.2, 0.25) is 5.95 Å². The van der Waals surface area contributed by atoms with Crippen LogP contribution in [0.5, 0.6) is 5.88 Å². The second kappa shape index (κ2) is 8.80. The number of phosphoric acid groups is 2. The van der Waals surface area contributed by atoms with Gasteiger partial charge < -0.3 is 40.5 Å². The van der Waals surface area contributed by atoms with Crippen molar-refractivity contribution >= 4 is 32.8 Å². The number of aliphatic hydroxyl groups is 2. The fraction of sp³-hybridized carbons (Fsp3) is 0.500. The quantitative estimate of drug-likeness (QED) is 0.172. The minimum absolute atomic E-state index is 0. The molecule has 3 rings (SSSR count). The van der Waals surface area contributed by atoms with Crippen LogP contribution in [0.25, 0.3) is 11.2 Å². The summed E-state index contributed by atoms with van der Waals surface area (Å²) >= 11 is 0. The summed E-state index contributed by atoms with van der Waals surface area (Å²) in [5, 5.41) is 32.0. The summed E-state index contributed by atoms with van der Waals surface area (Å²) in [6.45, 7) is -0.876. The molecule has 0 aromatic carbocycles. The molecule has 0 bridgehead atoms. The maximum absolute atomic E-state index is 11.7. The van der Waals surface area contributed by atoms with E-state index >= 15 is 0 Å². The Morgan fingerprint density at radius 2 is 1.90 bits per heavy atom. The molecule has 2 aromatic heterocycles. The van der Waals surface area contributed by atoms with E-state index in [4.69, 9.17) is 20.3 Å². The van der Waals surface area contributed by atoms with Crippen LogP contribution in [0.3, 0.4) is 0 Å². The molecule has 0 amide bonds. The average molecular weight is 465 g/mol. The van der Waals surface area contributed by atoms with Gasteiger partial charge in [0.15, 0.2) is 11.9 Å². The van der Waals surface area contributed by atoms with Crippen LogP contribution in [-0.4, -0.2) is 69.3 Å². The zero-order chi connectivity index (χ0) is 20.9. The number of hydrogen-bond donors (Lipinski definition) is 6. The number of nitrogens with zero attached hydrogens (tertiary/aromatic N) is 4. The number of rotatable bonds is 6. The topological polar surface area (TPSA) is 256 Å². The van der Waals surface area contributed by atoms with Gasteiger partial charge in [0.25, 0.3) is 0 Å².